The van der Waals surface area contributed by atoms with Crippen molar-refractivity contribution in [1.82, 2.24) is 0 Å². The fourth-order valence-electron chi connectivity index (χ4n) is 0.989. The lowest BCUT2D eigenvalue weighted by atomic mass is 10.2. The van der Waals surface area contributed by atoms with Crippen molar-refractivity contribution in [3.05, 3.63) is 22.2 Å². The van der Waals surface area contributed by atoms with Gasteiger partial charge < -0.3 is 9.84 Å². The van der Waals surface area contributed by atoms with E-state index in [9.17, 15) is 5.11 Å². The van der Waals surface area contributed by atoms with Gasteiger partial charge in [0.15, 0.2) is 11.5 Å². The van der Waals surface area contributed by atoms with Crippen molar-refractivity contribution in [2.75, 3.05) is 6.61 Å². The van der Waals surface area contributed by atoms with Crippen LogP contribution in [0, 0.1) is 0 Å². The number of phenolic OH excluding ortho intramolecular Hbond substituents is 1. The maximum absolute atomic E-state index is 9.72. The number of halogens is 2. The molecule has 1 aromatic carbocycles. The van der Waals surface area contributed by atoms with E-state index in [0.717, 1.165) is 10.0 Å². The molecule has 2 nitrogen and oxygen atoms in total. The zero-order valence-electron chi connectivity index (χ0n) is 7.18. The van der Waals surface area contributed by atoms with Gasteiger partial charge in [-0.15, -0.1) is 0 Å². The van der Waals surface area contributed by atoms with Crippen LogP contribution in [0.5, 0.6) is 11.5 Å². The maximum Gasteiger partial charge on any atom is 0.162 e. The van der Waals surface area contributed by atoms with E-state index in [0.29, 0.717) is 17.7 Å². The molecule has 0 unspecified atom stereocenters. The average molecular weight is 310 g/mol. The molecule has 13 heavy (non-hydrogen) atoms. The van der Waals surface area contributed by atoms with Crippen molar-refractivity contribution in [2.45, 2.75) is 12.3 Å². The summed E-state index contributed by atoms with van der Waals surface area (Å²) >= 11 is 6.65. The molecular weight excluding hydrogens is 300 g/mol. The van der Waals surface area contributed by atoms with E-state index in [4.69, 9.17) is 4.74 Å². The van der Waals surface area contributed by atoms with Gasteiger partial charge >= 0.3 is 0 Å². The van der Waals surface area contributed by atoms with Crippen molar-refractivity contribution in [1.29, 1.82) is 0 Å². The first kappa shape index (κ1) is 10.9. The molecule has 0 aliphatic heterocycles. The van der Waals surface area contributed by atoms with Crippen molar-refractivity contribution in [3.8, 4) is 11.5 Å². The maximum atomic E-state index is 9.72. The van der Waals surface area contributed by atoms with Gasteiger partial charge in [0.25, 0.3) is 0 Å². The zero-order valence-corrected chi connectivity index (χ0v) is 10.4. The highest BCUT2D eigenvalue weighted by molar-refractivity contribution is 9.10. The monoisotopic (exact) mass is 308 g/mol. The summed E-state index contributed by atoms with van der Waals surface area (Å²) in [7, 11) is 0. The highest BCUT2D eigenvalue weighted by Gasteiger charge is 2.10. The number of ether oxygens (including phenoxy) is 1. The Morgan fingerprint density at radius 3 is 2.69 bits per heavy atom. The molecular formula is C9H10Br2O2. The fraction of sp³-hybridized carbons (Fsp3) is 0.333. The predicted octanol–water partition coefficient (Wildman–Crippen LogP) is 3.45. The molecule has 0 radical (unpaired) electrons. The van der Waals surface area contributed by atoms with Crippen LogP contribution >= 0.6 is 31.9 Å². The molecule has 0 saturated heterocycles. The Kier molecular flexibility index (Phi) is 4.06. The number of benzene rings is 1. The van der Waals surface area contributed by atoms with Crippen LogP contribution < -0.4 is 4.74 Å². The molecule has 1 N–H and O–H groups in total. The lowest BCUT2D eigenvalue weighted by Gasteiger charge is -2.09. The van der Waals surface area contributed by atoms with E-state index in [1.165, 1.54) is 0 Å². The van der Waals surface area contributed by atoms with Crippen LogP contribution in [0.4, 0.5) is 0 Å². The molecule has 72 valence electrons. The standard InChI is InChI=1S/C9H10Br2O2/c1-2-13-8-4-3-7(11)6(5-10)9(8)12/h3-4,12H,2,5H2,1H3. The van der Waals surface area contributed by atoms with Gasteiger partial charge in [0.05, 0.1) is 6.61 Å². The van der Waals surface area contributed by atoms with Gasteiger partial charge in [-0.1, -0.05) is 31.9 Å². The summed E-state index contributed by atoms with van der Waals surface area (Å²) in [5.74, 6) is 0.730. The van der Waals surface area contributed by atoms with Crippen LogP contribution in [0.2, 0.25) is 0 Å². The van der Waals surface area contributed by atoms with Crippen LogP contribution in [0.1, 0.15) is 12.5 Å². The zero-order chi connectivity index (χ0) is 9.84. The molecule has 0 amide bonds. The third-order valence-electron chi connectivity index (χ3n) is 1.62. The average Bonchev–Trinajstić information content (AvgIpc) is 2.11. The van der Waals surface area contributed by atoms with Crippen LogP contribution in [0.25, 0.3) is 0 Å². The molecule has 0 heterocycles. The predicted molar refractivity (Wildman–Crippen MR) is 59.6 cm³/mol. The molecule has 0 aliphatic rings. The summed E-state index contributed by atoms with van der Waals surface area (Å²) in [6.07, 6.45) is 0. The number of hydrogen-bond donors (Lipinski definition) is 1. The van der Waals surface area contributed by atoms with Gasteiger partial charge in [-0.3, -0.25) is 0 Å². The summed E-state index contributed by atoms with van der Waals surface area (Å²) in [4.78, 5) is 0. The van der Waals surface area contributed by atoms with Crippen LogP contribution in [-0.2, 0) is 5.33 Å². The molecule has 0 atom stereocenters. The summed E-state index contributed by atoms with van der Waals surface area (Å²) in [6, 6.07) is 3.61. The third kappa shape index (κ3) is 2.38. The third-order valence-corrected chi connectivity index (χ3v) is 2.93. The van der Waals surface area contributed by atoms with Crippen LogP contribution in [0.3, 0.4) is 0 Å². The minimum atomic E-state index is 0.202. The minimum Gasteiger partial charge on any atom is -0.504 e. The largest absolute Gasteiger partial charge is 0.504 e. The highest BCUT2D eigenvalue weighted by atomic mass is 79.9. The Balaban J connectivity index is 3.11. The lowest BCUT2D eigenvalue weighted by molar-refractivity contribution is 0.317. The lowest BCUT2D eigenvalue weighted by Crippen LogP contribution is -1.93. The number of aromatic hydroxyl groups is 1. The van der Waals surface area contributed by atoms with Gasteiger partial charge in [0.2, 0.25) is 0 Å². The molecule has 0 bridgehead atoms. The molecule has 4 heteroatoms. The smallest absolute Gasteiger partial charge is 0.162 e. The van der Waals surface area contributed by atoms with Crippen molar-refractivity contribution >= 4 is 31.9 Å². The molecule has 0 aliphatic carbocycles. The summed E-state index contributed by atoms with van der Waals surface area (Å²) in [6.45, 7) is 2.44. The minimum absolute atomic E-state index is 0.202. The van der Waals surface area contributed by atoms with Crippen molar-refractivity contribution in [3.63, 3.8) is 0 Å². The van der Waals surface area contributed by atoms with Gasteiger partial charge in [-0.25, -0.2) is 0 Å². The number of phenols is 1. The summed E-state index contributed by atoms with van der Waals surface area (Å²) in [5.41, 5.74) is 0.811. The van der Waals surface area contributed by atoms with Crippen molar-refractivity contribution < 1.29 is 9.84 Å². The Labute approximate surface area is 94.2 Å². The van der Waals surface area contributed by atoms with E-state index in [1.54, 1.807) is 6.07 Å². The first-order valence-corrected chi connectivity index (χ1v) is 5.81. The second kappa shape index (κ2) is 4.86. The normalized spacial score (nSPS) is 10.1. The molecule has 1 aromatic rings. The van der Waals surface area contributed by atoms with Gasteiger partial charge in [-0.05, 0) is 19.1 Å². The van der Waals surface area contributed by atoms with Gasteiger partial charge in [-0.2, -0.15) is 0 Å². The quantitative estimate of drug-likeness (QED) is 0.867. The molecule has 0 fully saturated rings. The van der Waals surface area contributed by atoms with Gasteiger partial charge in [0, 0.05) is 15.4 Å². The highest BCUT2D eigenvalue weighted by Crippen LogP contribution is 2.36. The Bertz CT molecular complexity index is 300. The first-order valence-electron chi connectivity index (χ1n) is 3.89. The second-order valence-corrected chi connectivity index (χ2v) is 3.85. The van der Waals surface area contributed by atoms with Gasteiger partial charge in [0.1, 0.15) is 0 Å². The molecule has 0 spiro atoms. The first-order chi connectivity index (χ1) is 6.20. The number of alkyl halides is 1. The van der Waals surface area contributed by atoms with E-state index in [-0.39, 0.29) is 5.75 Å². The fourth-order valence-corrected chi connectivity index (χ4v) is 2.39. The SMILES string of the molecule is CCOc1ccc(Br)c(CBr)c1O. The molecule has 0 saturated carbocycles. The van der Waals surface area contributed by atoms with Crippen LogP contribution in [0.15, 0.2) is 16.6 Å². The van der Waals surface area contributed by atoms with E-state index < -0.39 is 0 Å². The van der Waals surface area contributed by atoms with E-state index in [2.05, 4.69) is 31.9 Å². The number of hydrogen-bond acceptors (Lipinski definition) is 2. The summed E-state index contributed by atoms with van der Waals surface area (Å²) in [5, 5.41) is 10.3. The van der Waals surface area contributed by atoms with E-state index >= 15 is 0 Å². The summed E-state index contributed by atoms with van der Waals surface area (Å²) < 4.78 is 6.12. The van der Waals surface area contributed by atoms with Crippen LogP contribution in [-0.4, -0.2) is 11.7 Å². The Hall–Kier alpha value is -0.220. The number of rotatable bonds is 3. The van der Waals surface area contributed by atoms with Crippen molar-refractivity contribution in [2.24, 2.45) is 0 Å². The molecule has 0 aromatic heterocycles. The second-order valence-electron chi connectivity index (χ2n) is 2.44. The van der Waals surface area contributed by atoms with E-state index in [1.807, 2.05) is 13.0 Å². The Morgan fingerprint density at radius 2 is 2.15 bits per heavy atom. The topological polar surface area (TPSA) is 29.5 Å². The Morgan fingerprint density at radius 1 is 1.46 bits per heavy atom. The molecule has 1 rings (SSSR count).